The van der Waals surface area contributed by atoms with Gasteiger partial charge in [-0.2, -0.15) is 0 Å². The zero-order chi connectivity index (χ0) is 32.2. The van der Waals surface area contributed by atoms with Gasteiger partial charge in [-0.1, -0.05) is 24.3 Å². The summed E-state index contributed by atoms with van der Waals surface area (Å²) in [5, 5.41) is 2.77. The lowest BCUT2D eigenvalue weighted by Crippen LogP contribution is -2.37. The van der Waals surface area contributed by atoms with Gasteiger partial charge in [0.2, 0.25) is 0 Å². The fourth-order valence-electron chi connectivity index (χ4n) is 4.90. The van der Waals surface area contributed by atoms with Crippen molar-refractivity contribution in [2.45, 2.75) is 52.1 Å². The predicted molar refractivity (Wildman–Crippen MR) is 178 cm³/mol. The van der Waals surface area contributed by atoms with Crippen molar-refractivity contribution in [2.24, 2.45) is 5.73 Å². The Morgan fingerprint density at radius 3 is 1.62 bits per heavy atom. The highest BCUT2D eigenvalue weighted by Crippen LogP contribution is 2.14. The number of hydrogen-bond donors (Lipinski definition) is 2. The lowest BCUT2D eigenvalue weighted by molar-refractivity contribution is 0.0357. The molecule has 3 N–H and O–H groups in total. The molecule has 2 heterocycles. The summed E-state index contributed by atoms with van der Waals surface area (Å²) in [5.41, 5.74) is 7.48. The molecule has 2 aliphatic heterocycles. The normalized spacial score (nSPS) is 15.9. The first-order chi connectivity index (χ1) is 21.8. The molecule has 10 heteroatoms. The minimum atomic E-state index is -0.467. The van der Waals surface area contributed by atoms with E-state index in [1.165, 1.54) is 5.56 Å². The van der Waals surface area contributed by atoms with Crippen LogP contribution >= 0.6 is 0 Å². The zero-order valence-corrected chi connectivity index (χ0v) is 27.8. The third-order valence-electron chi connectivity index (χ3n) is 7.34. The molecule has 0 bridgehead atoms. The summed E-state index contributed by atoms with van der Waals surface area (Å²) in [6.45, 7) is 18.0. The maximum absolute atomic E-state index is 11.6. The van der Waals surface area contributed by atoms with E-state index in [2.05, 4.69) is 27.2 Å². The van der Waals surface area contributed by atoms with E-state index in [0.29, 0.717) is 13.1 Å². The molecule has 0 spiro atoms. The van der Waals surface area contributed by atoms with E-state index in [-0.39, 0.29) is 6.09 Å². The van der Waals surface area contributed by atoms with Gasteiger partial charge in [0.1, 0.15) is 17.1 Å². The fraction of sp³-hybridized carbons (Fsp3) is 0.629. The number of carbonyl (C=O) groups excluding carboxylic acids is 1. The van der Waals surface area contributed by atoms with E-state index < -0.39 is 5.60 Å². The summed E-state index contributed by atoms with van der Waals surface area (Å²) in [7, 11) is 0. The van der Waals surface area contributed by atoms with Crippen LogP contribution in [0.1, 0.15) is 44.7 Å². The van der Waals surface area contributed by atoms with Crippen LogP contribution in [0.15, 0.2) is 48.5 Å². The lowest BCUT2D eigenvalue weighted by Gasteiger charge is -2.26. The maximum Gasteiger partial charge on any atom is 0.407 e. The molecule has 45 heavy (non-hydrogen) atoms. The standard InChI is InChI=1S/C20H32N2O4.C15H24N2O2/c1-20(2,3)26-19(23)21-10-9-17-5-7-18(8-6-17)25-14-4-11-22-12-15-24-16-13-22;16-7-6-14-2-4-15(5-3-14)19-11-1-8-17-9-12-18-13-10-17/h5-8H,4,9-16H2,1-3H3,(H,21,23);2-5H,1,6-13,16H2. The maximum atomic E-state index is 11.6. The summed E-state index contributed by atoms with van der Waals surface area (Å²) in [5.74, 6) is 1.83. The first-order valence-corrected chi connectivity index (χ1v) is 16.5. The number of nitrogens with one attached hydrogen (secondary N) is 1. The van der Waals surface area contributed by atoms with Crippen molar-refractivity contribution in [1.82, 2.24) is 15.1 Å². The quantitative estimate of drug-likeness (QED) is 0.282. The summed E-state index contributed by atoms with van der Waals surface area (Å²) in [6.07, 6.45) is 3.39. The summed E-state index contributed by atoms with van der Waals surface area (Å²) >= 11 is 0. The van der Waals surface area contributed by atoms with E-state index in [0.717, 1.165) is 122 Å². The number of benzene rings is 2. The monoisotopic (exact) mass is 628 g/mol. The van der Waals surface area contributed by atoms with Crippen molar-refractivity contribution in [3.05, 3.63) is 59.7 Å². The topological polar surface area (TPSA) is 108 Å². The van der Waals surface area contributed by atoms with Crippen LogP contribution in [0.25, 0.3) is 0 Å². The van der Waals surface area contributed by atoms with Crippen LogP contribution in [0, 0.1) is 0 Å². The van der Waals surface area contributed by atoms with Crippen molar-refractivity contribution in [3.8, 4) is 11.5 Å². The Morgan fingerprint density at radius 1 is 0.756 bits per heavy atom. The average Bonchev–Trinajstić information content (AvgIpc) is 3.03. The highest BCUT2D eigenvalue weighted by molar-refractivity contribution is 5.67. The Morgan fingerprint density at radius 2 is 1.20 bits per heavy atom. The first-order valence-electron chi connectivity index (χ1n) is 16.5. The van der Waals surface area contributed by atoms with E-state index in [1.807, 2.05) is 57.2 Å². The molecule has 0 saturated carbocycles. The molecule has 0 aromatic heterocycles. The Hall–Kier alpha value is -2.89. The summed E-state index contributed by atoms with van der Waals surface area (Å²) in [6, 6.07) is 16.3. The number of amides is 1. The van der Waals surface area contributed by atoms with Gasteiger partial charge in [-0.25, -0.2) is 4.79 Å². The number of rotatable bonds is 15. The third-order valence-corrected chi connectivity index (χ3v) is 7.34. The minimum absolute atomic E-state index is 0.377. The molecular weight excluding hydrogens is 572 g/mol. The Bertz CT molecular complexity index is 1050. The lowest BCUT2D eigenvalue weighted by atomic mass is 10.1. The predicted octanol–water partition coefficient (Wildman–Crippen LogP) is 4.14. The van der Waals surface area contributed by atoms with Gasteiger partial charge in [0.05, 0.1) is 39.6 Å². The van der Waals surface area contributed by atoms with Gasteiger partial charge in [-0.05, 0) is 88.4 Å². The Balaban J connectivity index is 0.000000257. The van der Waals surface area contributed by atoms with Gasteiger partial charge in [0.15, 0.2) is 0 Å². The second-order valence-corrected chi connectivity index (χ2v) is 12.3. The summed E-state index contributed by atoms with van der Waals surface area (Å²) < 4.78 is 27.4. The number of hydrogen-bond acceptors (Lipinski definition) is 9. The molecule has 4 rings (SSSR count). The minimum Gasteiger partial charge on any atom is -0.494 e. The molecule has 2 saturated heterocycles. The molecule has 2 aromatic carbocycles. The van der Waals surface area contributed by atoms with Gasteiger partial charge >= 0.3 is 6.09 Å². The van der Waals surface area contributed by atoms with Crippen LogP contribution in [0.2, 0.25) is 0 Å². The van der Waals surface area contributed by atoms with E-state index >= 15 is 0 Å². The van der Waals surface area contributed by atoms with Crippen LogP contribution in [0.5, 0.6) is 11.5 Å². The number of nitrogens with two attached hydrogens (primary N) is 1. The van der Waals surface area contributed by atoms with Crippen LogP contribution in [0.3, 0.4) is 0 Å². The smallest absolute Gasteiger partial charge is 0.407 e. The molecule has 2 aliphatic rings. The average molecular weight is 629 g/mol. The number of alkyl carbamates (subject to hydrolysis) is 1. The number of carbonyl (C=O) groups is 1. The van der Waals surface area contributed by atoms with Crippen LogP contribution in [-0.4, -0.2) is 113 Å². The first kappa shape index (κ1) is 36.6. The molecule has 0 unspecified atom stereocenters. The van der Waals surface area contributed by atoms with Crippen molar-refractivity contribution < 1.29 is 28.5 Å². The van der Waals surface area contributed by atoms with Crippen LogP contribution in [-0.2, 0) is 27.1 Å². The second-order valence-electron chi connectivity index (χ2n) is 12.3. The molecule has 10 nitrogen and oxygen atoms in total. The number of morpholine rings is 2. The molecule has 2 fully saturated rings. The van der Waals surface area contributed by atoms with Gasteiger partial charge in [-0.3, -0.25) is 9.80 Å². The molecule has 0 atom stereocenters. The van der Waals surface area contributed by atoms with Gasteiger partial charge in [0, 0.05) is 45.8 Å². The highest BCUT2D eigenvalue weighted by Gasteiger charge is 2.15. The third kappa shape index (κ3) is 16.8. The van der Waals surface area contributed by atoms with Crippen molar-refractivity contribution in [1.29, 1.82) is 0 Å². The summed E-state index contributed by atoms with van der Waals surface area (Å²) in [4.78, 5) is 16.4. The van der Waals surface area contributed by atoms with Gasteiger partial charge in [0.25, 0.3) is 0 Å². The van der Waals surface area contributed by atoms with Crippen molar-refractivity contribution in [2.75, 3.05) is 92.0 Å². The molecule has 2 aromatic rings. The highest BCUT2D eigenvalue weighted by atomic mass is 16.6. The van der Waals surface area contributed by atoms with Gasteiger partial charge < -0.3 is 34.7 Å². The van der Waals surface area contributed by atoms with Crippen molar-refractivity contribution >= 4 is 6.09 Å². The fourth-order valence-corrected chi connectivity index (χ4v) is 4.90. The molecule has 0 aliphatic carbocycles. The van der Waals surface area contributed by atoms with Crippen LogP contribution in [0.4, 0.5) is 4.79 Å². The molecule has 1 amide bonds. The Kier molecular flexibility index (Phi) is 17.1. The largest absolute Gasteiger partial charge is 0.494 e. The zero-order valence-electron chi connectivity index (χ0n) is 27.8. The Labute approximate surface area is 270 Å². The van der Waals surface area contributed by atoms with E-state index in [1.54, 1.807) is 0 Å². The SMILES string of the molecule is CC(C)(C)OC(=O)NCCc1ccc(OCCCN2CCOCC2)cc1.NCCc1ccc(OCCCN2CCOCC2)cc1. The van der Waals surface area contributed by atoms with Crippen molar-refractivity contribution in [3.63, 3.8) is 0 Å². The number of ether oxygens (including phenoxy) is 5. The molecular formula is C35H56N4O6. The molecule has 0 radical (unpaired) electrons. The van der Waals surface area contributed by atoms with E-state index in [4.69, 9.17) is 29.4 Å². The van der Waals surface area contributed by atoms with Crippen LogP contribution < -0.4 is 20.5 Å². The number of nitrogens with zero attached hydrogens (tertiary/aromatic N) is 2. The second kappa shape index (κ2) is 21.0. The van der Waals surface area contributed by atoms with Gasteiger partial charge in [-0.15, -0.1) is 0 Å². The molecule has 252 valence electrons. The van der Waals surface area contributed by atoms with E-state index in [9.17, 15) is 4.79 Å².